The van der Waals surface area contributed by atoms with Gasteiger partial charge in [0.25, 0.3) is 0 Å². The number of aliphatic hydroxyl groups excluding tert-OH is 1. The minimum atomic E-state index is -1.95. The van der Waals surface area contributed by atoms with Gasteiger partial charge in [0.1, 0.15) is 0 Å². The van der Waals surface area contributed by atoms with Crippen LogP contribution >= 0.6 is 0 Å². The molecule has 8 heteroatoms. The van der Waals surface area contributed by atoms with E-state index in [1.807, 2.05) is 13.8 Å². The fourth-order valence-electron chi connectivity index (χ4n) is 9.76. The molecule has 1 aliphatic heterocycles. The number of rotatable bonds is 4. The van der Waals surface area contributed by atoms with Crippen LogP contribution in [0, 0.1) is 28.6 Å². The Labute approximate surface area is 228 Å². The number of aliphatic hydroxyl groups is 1. The Morgan fingerprint density at radius 1 is 1.21 bits per heavy atom. The molecule has 1 saturated heterocycles. The average Bonchev–Trinajstić information content (AvgIpc) is 3.62. The highest BCUT2D eigenvalue weighted by Crippen LogP contribution is 2.72. The van der Waals surface area contributed by atoms with Gasteiger partial charge in [-0.1, -0.05) is 37.8 Å². The first-order chi connectivity index (χ1) is 18.6. The van der Waals surface area contributed by atoms with Crippen LogP contribution in [-0.4, -0.2) is 56.0 Å². The first-order valence-corrected chi connectivity index (χ1v) is 14.8. The number of hydrogen-bond acceptors (Lipinski definition) is 6. The summed E-state index contributed by atoms with van der Waals surface area (Å²) in [7, 11) is 0. The minimum absolute atomic E-state index is 0.0851. The lowest BCUT2D eigenvalue weighted by molar-refractivity contribution is -0.235. The Morgan fingerprint density at radius 3 is 2.74 bits per heavy atom. The lowest BCUT2D eigenvalue weighted by Crippen LogP contribution is -2.69. The van der Waals surface area contributed by atoms with E-state index in [0.29, 0.717) is 19.3 Å². The second-order valence-corrected chi connectivity index (χ2v) is 13.4. The van der Waals surface area contributed by atoms with E-state index in [1.165, 1.54) is 12.5 Å². The van der Waals surface area contributed by atoms with E-state index in [1.54, 1.807) is 35.4 Å². The number of carbonyl (C=O) groups excluding carboxylic acids is 2. The van der Waals surface area contributed by atoms with Crippen LogP contribution in [0.4, 0.5) is 4.39 Å². The molecular weight excluding hydrogens is 499 g/mol. The molecule has 1 aromatic rings. The van der Waals surface area contributed by atoms with E-state index in [0.717, 1.165) is 31.3 Å². The summed E-state index contributed by atoms with van der Waals surface area (Å²) in [4.78, 5) is 30.7. The van der Waals surface area contributed by atoms with Crippen molar-refractivity contribution in [2.45, 2.75) is 108 Å². The molecule has 0 unspecified atom stereocenters. The van der Waals surface area contributed by atoms with E-state index in [4.69, 9.17) is 9.47 Å². The van der Waals surface area contributed by atoms with Crippen molar-refractivity contribution in [1.29, 1.82) is 0 Å². The third-order valence-electron chi connectivity index (χ3n) is 11.7. The first-order valence-electron chi connectivity index (χ1n) is 14.8. The summed E-state index contributed by atoms with van der Waals surface area (Å²) in [6.07, 6.45) is 14.7. The number of imidazole rings is 1. The molecule has 7 nitrogen and oxygen atoms in total. The van der Waals surface area contributed by atoms with Crippen LogP contribution in [-0.2, 0) is 25.6 Å². The maximum Gasteiger partial charge on any atom is 0.187 e. The third kappa shape index (κ3) is 3.28. The third-order valence-corrected chi connectivity index (χ3v) is 11.7. The van der Waals surface area contributed by atoms with Crippen LogP contribution < -0.4 is 0 Å². The molecule has 6 aliphatic rings. The smallest absolute Gasteiger partial charge is 0.187 e. The highest BCUT2D eigenvalue weighted by molar-refractivity contribution is 6.01. The maximum absolute atomic E-state index is 17.6. The molecule has 39 heavy (non-hydrogen) atoms. The zero-order valence-corrected chi connectivity index (χ0v) is 22.9. The number of nitrogens with zero attached hydrogens (tertiary/aromatic N) is 2. The normalized spacial score (nSPS) is 47.2. The first kappa shape index (κ1) is 25.8. The Kier molecular flexibility index (Phi) is 5.73. The number of fused-ring (bicyclic) bond motifs is 7. The summed E-state index contributed by atoms with van der Waals surface area (Å²) in [6.45, 7) is 3.95. The molecular formula is C31H39FN2O5. The second-order valence-electron chi connectivity index (χ2n) is 13.4. The number of halogens is 1. The molecule has 1 N–H and O–H groups in total. The molecule has 5 aliphatic carbocycles. The molecule has 0 radical (unpaired) electrons. The Bertz CT molecular complexity index is 1240. The molecule has 5 fully saturated rings. The molecule has 0 amide bonds. The number of Topliss-reactive ketones (excluding diaryl/α,β-unsaturated/α-hetero) is 1. The summed E-state index contributed by atoms with van der Waals surface area (Å²) < 4.78 is 32.9. The van der Waals surface area contributed by atoms with Gasteiger partial charge in [0.2, 0.25) is 0 Å². The van der Waals surface area contributed by atoms with Gasteiger partial charge in [-0.2, -0.15) is 0 Å². The summed E-state index contributed by atoms with van der Waals surface area (Å²) in [5.41, 5.74) is -4.33. The zero-order chi connectivity index (χ0) is 27.2. The monoisotopic (exact) mass is 538 g/mol. The predicted octanol–water partition coefficient (Wildman–Crippen LogP) is 4.49. The van der Waals surface area contributed by atoms with E-state index in [-0.39, 0.29) is 36.4 Å². The fourth-order valence-corrected chi connectivity index (χ4v) is 9.76. The summed E-state index contributed by atoms with van der Waals surface area (Å²) in [5.74, 6) is -0.674. The second kappa shape index (κ2) is 8.67. The predicted molar refractivity (Wildman–Crippen MR) is 140 cm³/mol. The van der Waals surface area contributed by atoms with Crippen LogP contribution in [0.1, 0.15) is 71.6 Å². The summed E-state index contributed by atoms with van der Waals surface area (Å²) >= 11 is 0. The lowest BCUT2D eigenvalue weighted by Gasteiger charge is -2.62. The van der Waals surface area contributed by atoms with E-state index < -0.39 is 46.5 Å². The quantitative estimate of drug-likeness (QED) is 0.608. The Morgan fingerprint density at radius 2 is 2.00 bits per heavy atom. The molecule has 210 valence electrons. The van der Waals surface area contributed by atoms with Crippen LogP contribution in [0.5, 0.6) is 0 Å². The van der Waals surface area contributed by atoms with Gasteiger partial charge < -0.3 is 19.1 Å². The van der Waals surface area contributed by atoms with Gasteiger partial charge in [-0.3, -0.25) is 9.59 Å². The highest BCUT2D eigenvalue weighted by atomic mass is 19.1. The number of alkyl halides is 1. The zero-order valence-electron chi connectivity index (χ0n) is 22.9. The average molecular weight is 539 g/mol. The molecule has 1 aromatic heterocycles. The van der Waals surface area contributed by atoms with Crippen molar-refractivity contribution < 1.29 is 28.6 Å². The highest BCUT2D eigenvalue weighted by Gasteiger charge is 2.79. The van der Waals surface area contributed by atoms with Crippen molar-refractivity contribution in [3.05, 3.63) is 42.5 Å². The van der Waals surface area contributed by atoms with Gasteiger partial charge in [0.05, 0.1) is 25.1 Å². The molecule has 7 rings (SSSR count). The minimum Gasteiger partial charge on any atom is -0.390 e. The van der Waals surface area contributed by atoms with Gasteiger partial charge in [0, 0.05) is 35.1 Å². The molecule has 9 atom stereocenters. The number of ether oxygens (including phenoxy) is 2. The van der Waals surface area contributed by atoms with Gasteiger partial charge in [-0.25, -0.2) is 9.37 Å². The number of allylic oxidation sites excluding steroid dienone is 4. The topological polar surface area (TPSA) is 90.7 Å². The largest absolute Gasteiger partial charge is 0.390 e. The van der Waals surface area contributed by atoms with Crippen molar-refractivity contribution in [3.63, 3.8) is 0 Å². The molecule has 4 saturated carbocycles. The number of carbonyl (C=O) groups is 2. The SMILES string of the molecule is C[C@]12C=CC(=O)C=C1CC[C@H]1[C@@H]3C[C@H]4O[C@@H](C5CCCCC5)O[C@@]4(C(=O)Cn4ccnc4)[C@@]3(C)C[C@H](O)[C@@]12F. The van der Waals surface area contributed by atoms with Crippen molar-refractivity contribution in [2.24, 2.45) is 28.6 Å². The van der Waals surface area contributed by atoms with Crippen molar-refractivity contribution in [1.82, 2.24) is 9.55 Å². The van der Waals surface area contributed by atoms with E-state index in [9.17, 15) is 14.7 Å². The van der Waals surface area contributed by atoms with Gasteiger partial charge in [0.15, 0.2) is 29.1 Å². The Balaban J connectivity index is 1.29. The summed E-state index contributed by atoms with van der Waals surface area (Å²) in [5, 5.41) is 11.8. The summed E-state index contributed by atoms with van der Waals surface area (Å²) in [6, 6.07) is 0. The molecule has 0 aromatic carbocycles. The Hall–Kier alpha value is -2.16. The standard InChI is InChI=1S/C31H39FN2O5/c1-28-11-10-21(35)14-20(28)8-9-22-23-15-26-31(25(37)17-34-13-12-33-18-34,29(23,2)16-24(36)30(22,28)32)39-27(38-26)19-6-4-3-5-7-19/h10-14,18-19,22-24,26-27,36H,3-9,15-17H2,1-2H3/t22-,23-,24-,26+,27+,28-,29-,30-,31+/m0/s1. The van der Waals surface area contributed by atoms with Gasteiger partial charge >= 0.3 is 0 Å². The molecule has 0 bridgehead atoms. The fraction of sp³-hybridized carbons (Fsp3) is 0.710. The van der Waals surface area contributed by atoms with Crippen LogP contribution in [0.2, 0.25) is 0 Å². The van der Waals surface area contributed by atoms with Crippen LogP contribution in [0.15, 0.2) is 42.5 Å². The van der Waals surface area contributed by atoms with Crippen molar-refractivity contribution >= 4 is 11.6 Å². The lowest BCUT2D eigenvalue weighted by atomic mass is 9.44. The van der Waals surface area contributed by atoms with Crippen molar-refractivity contribution in [3.8, 4) is 0 Å². The van der Waals surface area contributed by atoms with E-state index in [2.05, 4.69) is 4.98 Å². The van der Waals surface area contributed by atoms with Crippen LogP contribution in [0.25, 0.3) is 0 Å². The van der Waals surface area contributed by atoms with Crippen LogP contribution in [0.3, 0.4) is 0 Å². The van der Waals surface area contributed by atoms with E-state index >= 15 is 4.39 Å². The number of aromatic nitrogens is 2. The number of hydrogen-bond donors (Lipinski definition) is 1. The van der Waals surface area contributed by atoms with Gasteiger partial charge in [-0.05, 0) is 63.5 Å². The molecule has 0 spiro atoms. The molecule has 2 heterocycles. The van der Waals surface area contributed by atoms with Gasteiger partial charge in [-0.15, -0.1) is 0 Å². The maximum atomic E-state index is 17.6. The van der Waals surface area contributed by atoms with Crippen molar-refractivity contribution in [2.75, 3.05) is 0 Å². The number of ketones is 2.